The van der Waals surface area contributed by atoms with Gasteiger partial charge < -0.3 is 10.4 Å². The van der Waals surface area contributed by atoms with E-state index in [9.17, 15) is 4.79 Å². The van der Waals surface area contributed by atoms with E-state index in [1.165, 1.54) is 0 Å². The molecule has 1 aromatic rings. The molecule has 92 valence electrons. The molecule has 2 N–H and O–H groups in total. The fraction of sp³-hybridized carbons (Fsp3) is 0.357. The molecular formula is C14H19NO2. The standard InChI is InChI=1S/C14H19NO2/c1-4-14(2,3)10-15-13(17)12-8-6-5-7-11(12)9-16/h4-8,16H,1,9-10H2,2-3H3,(H,15,17). The van der Waals surface area contributed by atoms with E-state index in [2.05, 4.69) is 11.9 Å². The van der Waals surface area contributed by atoms with Gasteiger partial charge in [0.1, 0.15) is 0 Å². The van der Waals surface area contributed by atoms with Gasteiger partial charge in [-0.3, -0.25) is 4.79 Å². The SMILES string of the molecule is C=CC(C)(C)CNC(=O)c1ccccc1CO. The maximum Gasteiger partial charge on any atom is 0.251 e. The maximum absolute atomic E-state index is 11.9. The molecule has 3 nitrogen and oxygen atoms in total. The summed E-state index contributed by atoms with van der Waals surface area (Å²) >= 11 is 0. The van der Waals surface area contributed by atoms with Crippen LogP contribution in [0.2, 0.25) is 0 Å². The zero-order chi connectivity index (χ0) is 12.9. The summed E-state index contributed by atoms with van der Waals surface area (Å²) in [6.45, 7) is 8.11. The summed E-state index contributed by atoms with van der Waals surface area (Å²) in [7, 11) is 0. The molecule has 0 fully saturated rings. The molecule has 0 spiro atoms. The van der Waals surface area contributed by atoms with Crippen molar-refractivity contribution < 1.29 is 9.90 Å². The third kappa shape index (κ3) is 3.71. The molecule has 0 atom stereocenters. The number of hydrogen-bond acceptors (Lipinski definition) is 2. The van der Waals surface area contributed by atoms with Gasteiger partial charge >= 0.3 is 0 Å². The number of rotatable bonds is 5. The number of hydrogen-bond donors (Lipinski definition) is 2. The summed E-state index contributed by atoms with van der Waals surface area (Å²) in [6, 6.07) is 7.04. The van der Waals surface area contributed by atoms with Crippen molar-refractivity contribution in [2.24, 2.45) is 5.41 Å². The fourth-order valence-electron chi connectivity index (χ4n) is 1.36. The van der Waals surface area contributed by atoms with Gasteiger partial charge in [-0.1, -0.05) is 38.1 Å². The number of amides is 1. The number of nitrogens with one attached hydrogen (secondary N) is 1. The largest absolute Gasteiger partial charge is 0.392 e. The maximum atomic E-state index is 11.9. The van der Waals surface area contributed by atoms with Crippen molar-refractivity contribution in [3.05, 3.63) is 48.0 Å². The Bertz CT molecular complexity index is 410. The summed E-state index contributed by atoms with van der Waals surface area (Å²) in [5.74, 6) is -0.162. The topological polar surface area (TPSA) is 49.3 Å². The molecule has 0 saturated heterocycles. The molecule has 17 heavy (non-hydrogen) atoms. The van der Waals surface area contributed by atoms with Crippen LogP contribution in [0, 0.1) is 5.41 Å². The Kier molecular flexibility index (Phi) is 4.46. The van der Waals surface area contributed by atoms with E-state index < -0.39 is 0 Å². The van der Waals surface area contributed by atoms with E-state index in [0.717, 1.165) is 0 Å². The van der Waals surface area contributed by atoms with Crippen molar-refractivity contribution in [1.82, 2.24) is 5.32 Å². The molecule has 0 aliphatic carbocycles. The van der Waals surface area contributed by atoms with Crippen LogP contribution in [0.5, 0.6) is 0 Å². The highest BCUT2D eigenvalue weighted by Crippen LogP contribution is 2.15. The van der Waals surface area contributed by atoms with Crippen molar-refractivity contribution in [1.29, 1.82) is 0 Å². The number of aliphatic hydroxyl groups excluding tert-OH is 1. The third-order valence-corrected chi connectivity index (χ3v) is 2.69. The highest BCUT2D eigenvalue weighted by atomic mass is 16.3. The lowest BCUT2D eigenvalue weighted by Crippen LogP contribution is -2.33. The smallest absolute Gasteiger partial charge is 0.251 e. The molecule has 0 aliphatic rings. The minimum Gasteiger partial charge on any atom is -0.392 e. The van der Waals surface area contributed by atoms with E-state index in [-0.39, 0.29) is 17.9 Å². The van der Waals surface area contributed by atoms with Crippen LogP contribution in [0.3, 0.4) is 0 Å². The Labute approximate surface area is 102 Å². The van der Waals surface area contributed by atoms with Crippen LogP contribution < -0.4 is 5.32 Å². The van der Waals surface area contributed by atoms with Crippen LogP contribution in [0.4, 0.5) is 0 Å². The number of carbonyl (C=O) groups is 1. The van der Waals surface area contributed by atoms with Crippen molar-refractivity contribution in [2.45, 2.75) is 20.5 Å². The summed E-state index contributed by atoms with van der Waals surface area (Å²) < 4.78 is 0. The van der Waals surface area contributed by atoms with Crippen molar-refractivity contribution >= 4 is 5.91 Å². The highest BCUT2D eigenvalue weighted by Gasteiger charge is 2.16. The predicted octanol–water partition coefficient (Wildman–Crippen LogP) is 2.12. The van der Waals surface area contributed by atoms with Crippen molar-refractivity contribution in [3.8, 4) is 0 Å². The number of carbonyl (C=O) groups excluding carboxylic acids is 1. The van der Waals surface area contributed by atoms with Gasteiger partial charge in [0.05, 0.1) is 6.61 Å². The molecule has 1 amide bonds. The lowest BCUT2D eigenvalue weighted by molar-refractivity contribution is 0.0940. The first-order chi connectivity index (χ1) is 8.00. The van der Waals surface area contributed by atoms with Crippen molar-refractivity contribution in [2.75, 3.05) is 6.54 Å². The first-order valence-corrected chi connectivity index (χ1v) is 5.61. The molecule has 0 bridgehead atoms. The van der Waals surface area contributed by atoms with Gasteiger partial charge in [-0.2, -0.15) is 0 Å². The molecule has 0 radical (unpaired) electrons. The van der Waals surface area contributed by atoms with Crippen LogP contribution in [-0.2, 0) is 6.61 Å². The highest BCUT2D eigenvalue weighted by molar-refractivity contribution is 5.95. The Morgan fingerprint density at radius 3 is 2.71 bits per heavy atom. The molecule has 3 heteroatoms. The molecule has 0 aliphatic heterocycles. The summed E-state index contributed by atoms with van der Waals surface area (Å²) in [5, 5.41) is 12.0. The van der Waals surface area contributed by atoms with Gasteiger partial charge in [-0.15, -0.1) is 6.58 Å². The van der Waals surface area contributed by atoms with Crippen LogP contribution in [-0.4, -0.2) is 17.6 Å². The fourth-order valence-corrected chi connectivity index (χ4v) is 1.36. The second-order valence-corrected chi connectivity index (χ2v) is 4.69. The average Bonchev–Trinajstić information content (AvgIpc) is 2.36. The predicted molar refractivity (Wildman–Crippen MR) is 68.7 cm³/mol. The van der Waals surface area contributed by atoms with Crippen LogP contribution in [0.1, 0.15) is 29.8 Å². The van der Waals surface area contributed by atoms with Gasteiger partial charge in [-0.25, -0.2) is 0 Å². The van der Waals surface area contributed by atoms with E-state index in [0.29, 0.717) is 17.7 Å². The quantitative estimate of drug-likeness (QED) is 0.765. The molecule has 1 aromatic carbocycles. The van der Waals surface area contributed by atoms with E-state index in [1.807, 2.05) is 19.9 Å². The monoisotopic (exact) mass is 233 g/mol. The Morgan fingerprint density at radius 2 is 2.12 bits per heavy atom. The van der Waals surface area contributed by atoms with Gasteiger partial charge in [0.15, 0.2) is 0 Å². The molecule has 1 rings (SSSR count). The Hall–Kier alpha value is -1.61. The normalized spacial score (nSPS) is 11.0. The second-order valence-electron chi connectivity index (χ2n) is 4.69. The second kappa shape index (κ2) is 5.64. The minimum absolute atomic E-state index is 0.131. The lowest BCUT2D eigenvalue weighted by atomic mass is 9.94. The average molecular weight is 233 g/mol. The lowest BCUT2D eigenvalue weighted by Gasteiger charge is -2.20. The van der Waals surface area contributed by atoms with Gasteiger partial charge in [0.2, 0.25) is 0 Å². The van der Waals surface area contributed by atoms with Gasteiger partial charge in [0, 0.05) is 12.1 Å². The van der Waals surface area contributed by atoms with E-state index in [4.69, 9.17) is 5.11 Å². The zero-order valence-corrected chi connectivity index (χ0v) is 10.4. The molecule has 0 unspecified atom stereocenters. The summed E-state index contributed by atoms with van der Waals surface area (Å²) in [6.07, 6.45) is 1.81. The Morgan fingerprint density at radius 1 is 1.47 bits per heavy atom. The van der Waals surface area contributed by atoms with E-state index in [1.54, 1.807) is 24.3 Å². The first kappa shape index (κ1) is 13.5. The van der Waals surface area contributed by atoms with Gasteiger partial charge in [-0.05, 0) is 17.0 Å². The first-order valence-electron chi connectivity index (χ1n) is 5.61. The zero-order valence-electron chi connectivity index (χ0n) is 10.4. The molecular weight excluding hydrogens is 214 g/mol. The van der Waals surface area contributed by atoms with Crippen LogP contribution in [0.15, 0.2) is 36.9 Å². The number of aliphatic hydroxyl groups is 1. The number of benzene rings is 1. The molecule has 0 aromatic heterocycles. The summed E-state index contributed by atoms with van der Waals surface area (Å²) in [5.41, 5.74) is 1.03. The van der Waals surface area contributed by atoms with Gasteiger partial charge in [0.25, 0.3) is 5.91 Å². The summed E-state index contributed by atoms with van der Waals surface area (Å²) in [4.78, 5) is 11.9. The molecule has 0 heterocycles. The minimum atomic E-state index is -0.162. The van der Waals surface area contributed by atoms with Crippen molar-refractivity contribution in [3.63, 3.8) is 0 Å². The van der Waals surface area contributed by atoms with E-state index >= 15 is 0 Å². The molecule has 0 saturated carbocycles. The third-order valence-electron chi connectivity index (χ3n) is 2.69. The van der Waals surface area contributed by atoms with Crippen LogP contribution >= 0.6 is 0 Å². The van der Waals surface area contributed by atoms with Crippen LogP contribution in [0.25, 0.3) is 0 Å². The Balaban J connectivity index is 2.74.